The first-order valence-electron chi connectivity index (χ1n) is 5.25. The third-order valence-corrected chi connectivity index (χ3v) is 2.31. The smallest absolute Gasteiger partial charge is 0.253 e. The predicted octanol–water partition coefficient (Wildman–Crippen LogP) is 0.476. The lowest BCUT2D eigenvalue weighted by molar-refractivity contribution is 0.0933. The molecule has 1 amide bonds. The number of nitrogens with one attached hydrogen (secondary N) is 2. The van der Waals surface area contributed by atoms with Gasteiger partial charge in [-0.15, -0.1) is 10.2 Å². The Morgan fingerprint density at radius 2 is 2.47 bits per heavy atom. The van der Waals surface area contributed by atoms with Crippen molar-refractivity contribution in [1.29, 1.82) is 0 Å². The molecule has 0 saturated carbocycles. The van der Waals surface area contributed by atoms with Crippen molar-refractivity contribution in [2.75, 3.05) is 0 Å². The highest BCUT2D eigenvalue weighted by atomic mass is 16.1. The van der Waals surface area contributed by atoms with Gasteiger partial charge in [0.15, 0.2) is 5.82 Å². The van der Waals surface area contributed by atoms with Gasteiger partial charge in [0.05, 0.1) is 11.6 Å². The second-order valence-electron chi connectivity index (χ2n) is 3.45. The van der Waals surface area contributed by atoms with E-state index in [-0.39, 0.29) is 11.9 Å². The maximum Gasteiger partial charge on any atom is 0.253 e. The molecule has 88 valence electrons. The number of hydrogen-bond donors (Lipinski definition) is 2. The second-order valence-corrected chi connectivity index (χ2v) is 3.45. The first-order valence-corrected chi connectivity index (χ1v) is 5.25. The number of hydrogen-bond acceptors (Lipinski definition) is 5. The Morgan fingerprint density at radius 1 is 1.59 bits per heavy atom. The van der Waals surface area contributed by atoms with E-state index < -0.39 is 0 Å². The number of H-pyrrole nitrogens is 1. The topological polar surface area (TPSA) is 96.5 Å². The molecule has 2 aromatic heterocycles. The van der Waals surface area contributed by atoms with Crippen LogP contribution in [0.15, 0.2) is 24.5 Å². The Bertz CT molecular complexity index is 469. The van der Waals surface area contributed by atoms with Crippen LogP contribution in [0.4, 0.5) is 0 Å². The van der Waals surface area contributed by atoms with Crippen molar-refractivity contribution in [2.24, 2.45) is 0 Å². The normalized spacial score (nSPS) is 12.1. The zero-order valence-corrected chi connectivity index (χ0v) is 9.29. The molecule has 0 bridgehead atoms. The number of rotatable bonds is 4. The van der Waals surface area contributed by atoms with Crippen LogP contribution in [0.2, 0.25) is 0 Å². The van der Waals surface area contributed by atoms with Crippen molar-refractivity contribution in [2.45, 2.75) is 19.4 Å². The Hall–Kier alpha value is -2.31. The van der Waals surface area contributed by atoms with E-state index in [2.05, 4.69) is 30.9 Å². The van der Waals surface area contributed by atoms with E-state index in [0.29, 0.717) is 17.8 Å². The minimum atomic E-state index is -0.249. The van der Waals surface area contributed by atoms with Crippen LogP contribution in [0.3, 0.4) is 0 Å². The number of aromatic nitrogens is 5. The molecule has 0 aromatic carbocycles. The monoisotopic (exact) mass is 232 g/mol. The van der Waals surface area contributed by atoms with Crippen LogP contribution < -0.4 is 5.32 Å². The molecule has 7 nitrogen and oxygen atoms in total. The van der Waals surface area contributed by atoms with E-state index in [1.165, 1.54) is 6.20 Å². The highest BCUT2D eigenvalue weighted by Gasteiger charge is 2.17. The largest absolute Gasteiger partial charge is 0.342 e. The van der Waals surface area contributed by atoms with Gasteiger partial charge in [-0.3, -0.25) is 9.78 Å². The molecule has 0 saturated heterocycles. The van der Waals surface area contributed by atoms with Crippen molar-refractivity contribution in [3.05, 3.63) is 35.9 Å². The Morgan fingerprint density at radius 3 is 3.06 bits per heavy atom. The maximum atomic E-state index is 11.9. The molecular formula is C10H12N6O. The summed E-state index contributed by atoms with van der Waals surface area (Å²) in [6, 6.07) is 3.16. The number of carbonyl (C=O) groups is 1. The third kappa shape index (κ3) is 2.63. The molecule has 7 heteroatoms. The molecule has 1 atom stereocenters. The van der Waals surface area contributed by atoms with E-state index in [1.54, 1.807) is 18.3 Å². The number of tetrazole rings is 1. The SMILES string of the molecule is CCC(NC(=O)c1cccnc1)c1nn[nH]n1. The molecule has 2 rings (SSSR count). The van der Waals surface area contributed by atoms with Gasteiger partial charge in [-0.1, -0.05) is 12.1 Å². The van der Waals surface area contributed by atoms with Gasteiger partial charge in [0.2, 0.25) is 0 Å². The summed E-state index contributed by atoms with van der Waals surface area (Å²) in [5.41, 5.74) is 0.509. The van der Waals surface area contributed by atoms with Crippen LogP contribution in [0.1, 0.15) is 35.6 Å². The highest BCUT2D eigenvalue weighted by Crippen LogP contribution is 2.10. The summed E-state index contributed by atoms with van der Waals surface area (Å²) in [5.74, 6) is 0.277. The summed E-state index contributed by atoms with van der Waals surface area (Å²) in [7, 11) is 0. The van der Waals surface area contributed by atoms with Crippen LogP contribution in [0, 0.1) is 0 Å². The minimum Gasteiger partial charge on any atom is -0.342 e. The minimum absolute atomic E-state index is 0.199. The molecule has 1 unspecified atom stereocenters. The maximum absolute atomic E-state index is 11.9. The van der Waals surface area contributed by atoms with Crippen LogP contribution in [-0.4, -0.2) is 31.5 Å². The lowest BCUT2D eigenvalue weighted by atomic mass is 10.2. The Kier molecular flexibility index (Phi) is 3.39. The van der Waals surface area contributed by atoms with Crippen LogP contribution >= 0.6 is 0 Å². The van der Waals surface area contributed by atoms with Gasteiger partial charge in [-0.05, 0) is 18.6 Å². The fourth-order valence-electron chi connectivity index (χ4n) is 1.40. The lowest BCUT2D eigenvalue weighted by Crippen LogP contribution is -2.29. The van der Waals surface area contributed by atoms with Gasteiger partial charge >= 0.3 is 0 Å². The summed E-state index contributed by atoms with van der Waals surface area (Å²) >= 11 is 0. The Labute approximate surface area is 97.7 Å². The molecule has 0 radical (unpaired) electrons. The number of carbonyl (C=O) groups excluding carboxylic acids is 1. The first kappa shape index (κ1) is 11.2. The van der Waals surface area contributed by atoms with Gasteiger partial charge in [-0.25, -0.2) is 0 Å². The average Bonchev–Trinajstić information content (AvgIpc) is 2.90. The second kappa shape index (κ2) is 5.15. The molecule has 2 N–H and O–H groups in total. The highest BCUT2D eigenvalue weighted by molar-refractivity contribution is 5.94. The van der Waals surface area contributed by atoms with Gasteiger partial charge in [0, 0.05) is 12.4 Å². The Balaban J connectivity index is 2.08. The molecule has 0 aliphatic heterocycles. The number of aromatic amines is 1. The summed E-state index contributed by atoms with van der Waals surface area (Å²) in [6.45, 7) is 1.94. The van der Waals surface area contributed by atoms with E-state index in [1.807, 2.05) is 6.92 Å². The summed E-state index contributed by atoms with van der Waals surface area (Å²) in [5, 5.41) is 16.4. The predicted molar refractivity (Wildman–Crippen MR) is 58.9 cm³/mol. The fraction of sp³-hybridized carbons (Fsp3) is 0.300. The van der Waals surface area contributed by atoms with Crippen molar-refractivity contribution in [3.63, 3.8) is 0 Å². The van der Waals surface area contributed by atoms with E-state index in [9.17, 15) is 4.79 Å². The molecule has 0 spiro atoms. The van der Waals surface area contributed by atoms with Crippen molar-refractivity contribution >= 4 is 5.91 Å². The van der Waals surface area contributed by atoms with Crippen molar-refractivity contribution in [3.8, 4) is 0 Å². The average molecular weight is 232 g/mol. The molecule has 2 aromatic rings. The zero-order chi connectivity index (χ0) is 12.1. The molecule has 17 heavy (non-hydrogen) atoms. The molecule has 0 aliphatic rings. The van der Waals surface area contributed by atoms with Gasteiger partial charge in [0.25, 0.3) is 5.91 Å². The standard InChI is InChI=1S/C10H12N6O/c1-2-8(9-13-15-16-14-9)12-10(17)7-4-3-5-11-6-7/h3-6,8H,2H2,1H3,(H,12,17)(H,13,14,15,16). The lowest BCUT2D eigenvalue weighted by Gasteiger charge is -2.12. The van der Waals surface area contributed by atoms with Gasteiger partial charge < -0.3 is 5.32 Å². The van der Waals surface area contributed by atoms with E-state index in [4.69, 9.17) is 0 Å². The van der Waals surface area contributed by atoms with Gasteiger partial charge in [0.1, 0.15) is 0 Å². The van der Waals surface area contributed by atoms with Crippen LogP contribution in [-0.2, 0) is 0 Å². The van der Waals surface area contributed by atoms with E-state index in [0.717, 1.165) is 0 Å². The van der Waals surface area contributed by atoms with Crippen LogP contribution in [0.25, 0.3) is 0 Å². The quantitative estimate of drug-likeness (QED) is 0.799. The first-order chi connectivity index (χ1) is 8.31. The summed E-state index contributed by atoms with van der Waals surface area (Å²) < 4.78 is 0. The molecule has 0 fully saturated rings. The number of pyridine rings is 1. The van der Waals surface area contributed by atoms with Crippen molar-refractivity contribution in [1.82, 2.24) is 30.9 Å². The number of amides is 1. The van der Waals surface area contributed by atoms with Crippen LogP contribution in [0.5, 0.6) is 0 Å². The molecule has 0 aliphatic carbocycles. The fourth-order valence-corrected chi connectivity index (χ4v) is 1.40. The third-order valence-electron chi connectivity index (χ3n) is 2.31. The number of nitrogens with zero attached hydrogens (tertiary/aromatic N) is 4. The van der Waals surface area contributed by atoms with E-state index >= 15 is 0 Å². The molecular weight excluding hydrogens is 220 g/mol. The van der Waals surface area contributed by atoms with Gasteiger partial charge in [-0.2, -0.15) is 5.21 Å². The molecule has 2 heterocycles. The summed E-state index contributed by atoms with van der Waals surface area (Å²) in [4.78, 5) is 15.8. The summed E-state index contributed by atoms with van der Waals surface area (Å²) in [6.07, 6.45) is 3.82. The zero-order valence-electron chi connectivity index (χ0n) is 9.29. The van der Waals surface area contributed by atoms with Crippen molar-refractivity contribution < 1.29 is 4.79 Å².